The van der Waals surface area contributed by atoms with Gasteiger partial charge in [0.05, 0.1) is 5.69 Å². The lowest BCUT2D eigenvalue weighted by molar-refractivity contribution is 0.0949. The molecule has 1 aromatic carbocycles. The number of carbonyl (C=O) groups is 1. The van der Waals surface area contributed by atoms with E-state index in [9.17, 15) is 4.79 Å². The highest BCUT2D eigenvalue weighted by Crippen LogP contribution is 2.20. The third kappa shape index (κ3) is 5.52. The summed E-state index contributed by atoms with van der Waals surface area (Å²) < 4.78 is 0. The van der Waals surface area contributed by atoms with Gasteiger partial charge in [0.15, 0.2) is 5.96 Å². The summed E-state index contributed by atoms with van der Waals surface area (Å²) >= 11 is 0. The van der Waals surface area contributed by atoms with Gasteiger partial charge in [-0.2, -0.15) is 4.99 Å². The summed E-state index contributed by atoms with van der Waals surface area (Å²) in [5.74, 6) is 0.00698. The van der Waals surface area contributed by atoms with E-state index in [1.165, 1.54) is 0 Å². The highest BCUT2D eigenvalue weighted by molar-refractivity contribution is 5.96. The molecule has 1 amide bonds. The average molecular weight is 290 g/mol. The Bertz CT molecular complexity index is 573. The summed E-state index contributed by atoms with van der Waals surface area (Å²) in [7, 11) is 0. The predicted molar refractivity (Wildman–Crippen MR) is 85.4 cm³/mol. The fourth-order valence-corrected chi connectivity index (χ4v) is 1.55. The molecule has 0 saturated heterocycles. The van der Waals surface area contributed by atoms with Crippen LogP contribution in [0.4, 0.5) is 5.69 Å². The van der Waals surface area contributed by atoms with Gasteiger partial charge in [-0.05, 0) is 30.5 Å². The molecule has 1 rings (SSSR count). The second kappa shape index (κ2) is 7.28. The van der Waals surface area contributed by atoms with Crippen molar-refractivity contribution in [3.05, 3.63) is 29.3 Å². The topological polar surface area (TPSA) is 132 Å². The molecule has 0 aliphatic carbocycles. The smallest absolute Gasteiger partial charge is 0.251 e. The Kier molecular flexibility index (Phi) is 5.71. The number of carbonyl (C=O) groups excluding carboxylic acids is 1. The first-order chi connectivity index (χ1) is 9.79. The van der Waals surface area contributed by atoms with Crippen LogP contribution in [0, 0.1) is 12.8 Å². The van der Waals surface area contributed by atoms with E-state index in [-0.39, 0.29) is 17.8 Å². The van der Waals surface area contributed by atoms with Crippen molar-refractivity contribution in [1.82, 2.24) is 5.32 Å². The summed E-state index contributed by atoms with van der Waals surface area (Å²) in [6.45, 7) is 6.53. The van der Waals surface area contributed by atoms with E-state index in [0.717, 1.165) is 5.56 Å². The molecule has 0 aromatic heterocycles. The molecule has 21 heavy (non-hydrogen) atoms. The second-order valence-corrected chi connectivity index (χ2v) is 5.11. The molecule has 7 heteroatoms. The molecule has 1 aromatic rings. The Labute approximate surface area is 124 Å². The Morgan fingerprint density at radius 3 is 2.52 bits per heavy atom. The fraction of sp³-hybridized carbons (Fsp3) is 0.357. The van der Waals surface area contributed by atoms with Gasteiger partial charge in [-0.1, -0.05) is 19.9 Å². The van der Waals surface area contributed by atoms with Gasteiger partial charge >= 0.3 is 0 Å². The van der Waals surface area contributed by atoms with Crippen molar-refractivity contribution in [2.75, 3.05) is 6.54 Å². The summed E-state index contributed by atoms with van der Waals surface area (Å²) in [5.41, 5.74) is 18.0. The molecule has 0 saturated carbocycles. The van der Waals surface area contributed by atoms with E-state index in [1.807, 2.05) is 20.8 Å². The number of hydrogen-bond acceptors (Lipinski definition) is 2. The first kappa shape index (κ1) is 16.5. The van der Waals surface area contributed by atoms with Crippen LogP contribution in [0.2, 0.25) is 0 Å². The molecule has 7 N–H and O–H groups in total. The molecule has 0 aliphatic rings. The van der Waals surface area contributed by atoms with Gasteiger partial charge in [0, 0.05) is 12.1 Å². The standard InChI is InChI=1S/C14H22N6O/c1-8(2)7-18-12(21)10-5-4-9(3)11(6-10)19-14(17)20-13(15)16/h4-6,8H,7H2,1-3H3,(H,18,21)(H6,15,16,17,19,20). The van der Waals surface area contributed by atoms with Gasteiger partial charge in [0.1, 0.15) is 0 Å². The van der Waals surface area contributed by atoms with Gasteiger partial charge in [0.25, 0.3) is 5.91 Å². The van der Waals surface area contributed by atoms with Crippen LogP contribution in [0.15, 0.2) is 28.2 Å². The Balaban J connectivity index is 3.00. The number of nitrogens with zero attached hydrogens (tertiary/aromatic N) is 2. The van der Waals surface area contributed by atoms with E-state index in [4.69, 9.17) is 17.2 Å². The zero-order chi connectivity index (χ0) is 16.0. The zero-order valence-corrected chi connectivity index (χ0v) is 12.6. The van der Waals surface area contributed by atoms with E-state index in [2.05, 4.69) is 15.3 Å². The summed E-state index contributed by atoms with van der Waals surface area (Å²) in [4.78, 5) is 19.8. The summed E-state index contributed by atoms with van der Waals surface area (Å²) in [5, 5.41) is 2.84. The van der Waals surface area contributed by atoms with Crippen LogP contribution in [-0.2, 0) is 0 Å². The molecule has 114 valence electrons. The van der Waals surface area contributed by atoms with Gasteiger partial charge in [-0.15, -0.1) is 0 Å². The molecule has 0 fully saturated rings. The number of nitrogens with one attached hydrogen (secondary N) is 1. The van der Waals surface area contributed by atoms with E-state index in [1.54, 1.807) is 18.2 Å². The Morgan fingerprint density at radius 1 is 1.29 bits per heavy atom. The molecule has 7 nitrogen and oxygen atoms in total. The van der Waals surface area contributed by atoms with Crippen LogP contribution in [0.25, 0.3) is 0 Å². The maximum absolute atomic E-state index is 12.0. The first-order valence-electron chi connectivity index (χ1n) is 6.62. The molecular formula is C14H22N6O. The summed E-state index contributed by atoms with van der Waals surface area (Å²) in [6.07, 6.45) is 0. The van der Waals surface area contributed by atoms with Crippen molar-refractivity contribution in [2.45, 2.75) is 20.8 Å². The van der Waals surface area contributed by atoms with E-state index in [0.29, 0.717) is 23.7 Å². The molecule has 0 spiro atoms. The molecular weight excluding hydrogens is 268 g/mol. The average Bonchev–Trinajstić information content (AvgIpc) is 2.37. The maximum Gasteiger partial charge on any atom is 0.251 e. The Hall–Kier alpha value is -2.57. The number of aliphatic imine (C=N–C) groups is 2. The van der Waals surface area contributed by atoms with Crippen LogP contribution in [-0.4, -0.2) is 24.4 Å². The van der Waals surface area contributed by atoms with Gasteiger partial charge in [0.2, 0.25) is 5.96 Å². The number of rotatable bonds is 4. The lowest BCUT2D eigenvalue weighted by Gasteiger charge is -2.09. The SMILES string of the molecule is Cc1ccc(C(=O)NCC(C)C)cc1N=C(N)N=C(N)N. The van der Waals surface area contributed by atoms with Crippen LogP contribution in [0.3, 0.4) is 0 Å². The maximum atomic E-state index is 12.0. The Morgan fingerprint density at radius 2 is 1.95 bits per heavy atom. The molecule has 0 atom stereocenters. The number of hydrogen-bond donors (Lipinski definition) is 4. The minimum absolute atomic E-state index is 0.0576. The van der Waals surface area contributed by atoms with Crippen LogP contribution in [0.5, 0.6) is 0 Å². The normalized spacial score (nSPS) is 11.3. The molecule has 0 unspecified atom stereocenters. The minimum atomic E-state index is -0.167. The van der Waals surface area contributed by atoms with Gasteiger partial charge in [-0.25, -0.2) is 4.99 Å². The highest BCUT2D eigenvalue weighted by Gasteiger charge is 2.08. The molecule has 0 radical (unpaired) electrons. The van der Waals surface area contributed by atoms with Crippen molar-refractivity contribution >= 4 is 23.5 Å². The van der Waals surface area contributed by atoms with Gasteiger partial charge in [-0.3, -0.25) is 4.79 Å². The van der Waals surface area contributed by atoms with Gasteiger partial charge < -0.3 is 22.5 Å². The van der Waals surface area contributed by atoms with Crippen LogP contribution >= 0.6 is 0 Å². The lowest BCUT2D eigenvalue weighted by Crippen LogP contribution is -2.27. The number of benzene rings is 1. The minimum Gasteiger partial charge on any atom is -0.370 e. The van der Waals surface area contributed by atoms with Crippen molar-refractivity contribution in [1.29, 1.82) is 0 Å². The first-order valence-corrected chi connectivity index (χ1v) is 6.62. The van der Waals surface area contributed by atoms with E-state index >= 15 is 0 Å². The van der Waals surface area contributed by atoms with Crippen LogP contribution in [0.1, 0.15) is 29.8 Å². The van der Waals surface area contributed by atoms with Crippen molar-refractivity contribution < 1.29 is 4.79 Å². The quantitative estimate of drug-likeness (QED) is 0.477. The molecule has 0 bridgehead atoms. The molecule has 0 heterocycles. The third-order valence-corrected chi connectivity index (χ3v) is 2.62. The second-order valence-electron chi connectivity index (χ2n) is 5.11. The third-order valence-electron chi connectivity index (χ3n) is 2.62. The van der Waals surface area contributed by atoms with Crippen molar-refractivity contribution in [3.63, 3.8) is 0 Å². The van der Waals surface area contributed by atoms with E-state index < -0.39 is 0 Å². The monoisotopic (exact) mass is 290 g/mol. The lowest BCUT2D eigenvalue weighted by atomic mass is 10.1. The number of guanidine groups is 2. The number of nitrogens with two attached hydrogens (primary N) is 3. The predicted octanol–water partition coefficient (Wildman–Crippen LogP) is 0.600. The fourth-order valence-electron chi connectivity index (χ4n) is 1.55. The van der Waals surface area contributed by atoms with Crippen molar-refractivity contribution in [3.8, 4) is 0 Å². The highest BCUT2D eigenvalue weighted by atomic mass is 16.1. The van der Waals surface area contributed by atoms with Crippen LogP contribution < -0.4 is 22.5 Å². The zero-order valence-electron chi connectivity index (χ0n) is 12.6. The largest absolute Gasteiger partial charge is 0.370 e. The molecule has 0 aliphatic heterocycles. The number of amides is 1. The van der Waals surface area contributed by atoms with Crippen molar-refractivity contribution in [2.24, 2.45) is 33.1 Å². The number of aryl methyl sites for hydroxylation is 1. The summed E-state index contributed by atoms with van der Waals surface area (Å²) in [6, 6.07) is 5.19.